The maximum absolute atomic E-state index is 13.0. The molecule has 0 spiro atoms. The first kappa shape index (κ1) is 16.3. The molecule has 1 amide bonds. The summed E-state index contributed by atoms with van der Waals surface area (Å²) >= 11 is 1.50. The van der Waals surface area contributed by atoms with E-state index in [1.165, 1.54) is 16.9 Å². The lowest BCUT2D eigenvalue weighted by molar-refractivity contribution is -0.0587. The average molecular weight is 355 g/mol. The summed E-state index contributed by atoms with van der Waals surface area (Å²) in [6, 6.07) is 8.28. The lowest BCUT2D eigenvalue weighted by Gasteiger charge is -2.35. The van der Waals surface area contributed by atoms with Crippen LogP contribution >= 0.6 is 11.3 Å². The smallest absolute Gasteiger partial charge is 0.271 e. The summed E-state index contributed by atoms with van der Waals surface area (Å²) < 4.78 is 7.64. The minimum Gasteiger partial charge on any atom is -0.372 e. The van der Waals surface area contributed by atoms with Gasteiger partial charge in [0.15, 0.2) is 4.96 Å². The second-order valence-corrected chi connectivity index (χ2v) is 7.57. The topological polar surface area (TPSA) is 46.8 Å². The van der Waals surface area contributed by atoms with Crippen molar-refractivity contribution < 1.29 is 9.53 Å². The molecule has 2 unspecified atom stereocenters. The molecule has 0 aliphatic carbocycles. The van der Waals surface area contributed by atoms with Crippen molar-refractivity contribution >= 4 is 22.2 Å². The van der Waals surface area contributed by atoms with Crippen molar-refractivity contribution in [1.82, 2.24) is 14.3 Å². The number of imidazole rings is 1. The average Bonchev–Trinajstić information content (AvgIpc) is 3.14. The van der Waals surface area contributed by atoms with Crippen LogP contribution < -0.4 is 0 Å². The molecule has 1 aliphatic heterocycles. The first-order chi connectivity index (χ1) is 12.0. The zero-order chi connectivity index (χ0) is 17.6. The molecule has 3 aromatic rings. The number of benzene rings is 1. The molecule has 1 aromatic carbocycles. The third kappa shape index (κ3) is 3.07. The van der Waals surface area contributed by atoms with Crippen LogP contribution in [-0.4, -0.2) is 45.5 Å². The lowest BCUT2D eigenvalue weighted by Crippen LogP contribution is -2.48. The van der Waals surface area contributed by atoms with Crippen LogP contribution in [0.4, 0.5) is 0 Å². The second kappa shape index (κ2) is 6.28. The van der Waals surface area contributed by atoms with Gasteiger partial charge in [-0.3, -0.25) is 9.20 Å². The number of nitrogens with zero attached hydrogens (tertiary/aromatic N) is 3. The molecule has 1 saturated heterocycles. The largest absolute Gasteiger partial charge is 0.372 e. The number of hydrogen-bond acceptors (Lipinski definition) is 4. The van der Waals surface area contributed by atoms with Crippen molar-refractivity contribution in [1.29, 1.82) is 0 Å². The van der Waals surface area contributed by atoms with Gasteiger partial charge in [-0.05, 0) is 20.8 Å². The number of aromatic nitrogens is 2. The number of carbonyl (C=O) groups excluding carboxylic acids is 1. The third-order valence-electron chi connectivity index (χ3n) is 4.48. The Labute approximate surface area is 150 Å². The van der Waals surface area contributed by atoms with E-state index >= 15 is 0 Å². The van der Waals surface area contributed by atoms with Crippen molar-refractivity contribution in [3.05, 3.63) is 47.1 Å². The molecular weight excluding hydrogens is 334 g/mol. The number of thiazole rings is 1. The summed E-state index contributed by atoms with van der Waals surface area (Å²) in [5.74, 6) is 0.0427. The Bertz CT molecular complexity index is 903. The first-order valence-electron chi connectivity index (χ1n) is 8.49. The summed E-state index contributed by atoms with van der Waals surface area (Å²) in [5.41, 5.74) is 3.85. The van der Waals surface area contributed by atoms with Gasteiger partial charge in [-0.2, -0.15) is 0 Å². The number of ether oxygens (including phenoxy) is 1. The molecular formula is C19H21N3O2S. The van der Waals surface area contributed by atoms with E-state index in [0.717, 1.165) is 16.2 Å². The first-order valence-corrected chi connectivity index (χ1v) is 9.37. The molecule has 6 heteroatoms. The summed E-state index contributed by atoms with van der Waals surface area (Å²) in [6.45, 7) is 7.33. The number of carbonyl (C=O) groups is 1. The van der Waals surface area contributed by atoms with E-state index in [1.807, 2.05) is 34.7 Å². The molecule has 2 atom stereocenters. The van der Waals surface area contributed by atoms with Crippen LogP contribution in [0.2, 0.25) is 0 Å². The van der Waals surface area contributed by atoms with E-state index in [0.29, 0.717) is 18.8 Å². The molecule has 0 radical (unpaired) electrons. The molecule has 0 N–H and O–H groups in total. The molecule has 3 heterocycles. The Kier molecular flexibility index (Phi) is 4.09. The molecule has 1 aliphatic rings. The van der Waals surface area contributed by atoms with Gasteiger partial charge in [0.2, 0.25) is 0 Å². The van der Waals surface area contributed by atoms with Gasteiger partial charge >= 0.3 is 0 Å². The third-order valence-corrected chi connectivity index (χ3v) is 5.32. The summed E-state index contributed by atoms with van der Waals surface area (Å²) in [5, 5.41) is 1.90. The Morgan fingerprint density at radius 3 is 2.56 bits per heavy atom. The predicted molar refractivity (Wildman–Crippen MR) is 99.2 cm³/mol. The number of rotatable bonds is 2. The van der Waals surface area contributed by atoms with E-state index in [2.05, 4.69) is 36.2 Å². The molecule has 2 aromatic heterocycles. The highest BCUT2D eigenvalue weighted by atomic mass is 32.1. The van der Waals surface area contributed by atoms with Crippen molar-refractivity contribution in [2.24, 2.45) is 0 Å². The fourth-order valence-electron chi connectivity index (χ4n) is 3.31. The maximum Gasteiger partial charge on any atom is 0.271 e. The Morgan fingerprint density at radius 2 is 1.88 bits per heavy atom. The highest BCUT2D eigenvalue weighted by molar-refractivity contribution is 7.15. The van der Waals surface area contributed by atoms with Gasteiger partial charge in [-0.1, -0.05) is 29.8 Å². The highest BCUT2D eigenvalue weighted by Crippen LogP contribution is 2.25. The summed E-state index contributed by atoms with van der Waals surface area (Å²) in [7, 11) is 0. The molecule has 130 valence electrons. The van der Waals surface area contributed by atoms with Crippen LogP contribution in [0, 0.1) is 6.92 Å². The van der Waals surface area contributed by atoms with Crippen molar-refractivity contribution in [3.8, 4) is 11.3 Å². The van der Waals surface area contributed by atoms with Gasteiger partial charge in [-0.15, -0.1) is 11.3 Å². The van der Waals surface area contributed by atoms with E-state index < -0.39 is 0 Å². The molecule has 5 nitrogen and oxygen atoms in total. The maximum atomic E-state index is 13.0. The second-order valence-electron chi connectivity index (χ2n) is 6.73. The van der Waals surface area contributed by atoms with E-state index in [9.17, 15) is 4.79 Å². The van der Waals surface area contributed by atoms with Gasteiger partial charge in [0.05, 0.1) is 17.9 Å². The van der Waals surface area contributed by atoms with E-state index in [-0.39, 0.29) is 18.1 Å². The Morgan fingerprint density at radius 1 is 1.20 bits per heavy atom. The lowest BCUT2D eigenvalue weighted by atomic mass is 10.1. The normalized spacial score (nSPS) is 21.0. The van der Waals surface area contributed by atoms with Gasteiger partial charge in [-0.25, -0.2) is 4.98 Å². The minimum absolute atomic E-state index is 0.0427. The van der Waals surface area contributed by atoms with Gasteiger partial charge in [0.1, 0.15) is 5.69 Å². The summed E-state index contributed by atoms with van der Waals surface area (Å²) in [6.07, 6.45) is 2.08. The van der Waals surface area contributed by atoms with Crippen LogP contribution in [-0.2, 0) is 4.74 Å². The molecule has 0 saturated carbocycles. The zero-order valence-corrected chi connectivity index (χ0v) is 15.4. The predicted octanol–water partition coefficient (Wildman–Crippen LogP) is 3.62. The quantitative estimate of drug-likeness (QED) is 0.705. The van der Waals surface area contributed by atoms with Crippen molar-refractivity contribution in [2.75, 3.05) is 13.1 Å². The van der Waals surface area contributed by atoms with Crippen molar-refractivity contribution in [2.45, 2.75) is 33.0 Å². The van der Waals surface area contributed by atoms with Crippen LogP contribution in [0.25, 0.3) is 16.2 Å². The molecule has 25 heavy (non-hydrogen) atoms. The molecule has 0 bridgehead atoms. The van der Waals surface area contributed by atoms with Crippen molar-refractivity contribution in [3.63, 3.8) is 0 Å². The van der Waals surface area contributed by atoms with Crippen LogP contribution in [0.5, 0.6) is 0 Å². The number of morpholine rings is 1. The zero-order valence-electron chi connectivity index (χ0n) is 14.6. The van der Waals surface area contributed by atoms with Gasteiger partial charge in [0.25, 0.3) is 5.91 Å². The Hall–Kier alpha value is -2.18. The van der Waals surface area contributed by atoms with Crippen LogP contribution in [0.15, 0.2) is 35.8 Å². The number of hydrogen-bond donors (Lipinski definition) is 0. The molecule has 1 fully saturated rings. The minimum atomic E-state index is 0.0427. The van der Waals surface area contributed by atoms with E-state index in [1.54, 1.807) is 0 Å². The summed E-state index contributed by atoms with van der Waals surface area (Å²) in [4.78, 5) is 20.4. The SMILES string of the molecule is Cc1ccc(-c2cn3c(C(=O)N4CC(C)OC(C)C4)csc3n2)cc1. The standard InChI is InChI=1S/C19H21N3O2S/c1-12-4-6-15(7-5-12)16-10-22-17(11-25-19(22)20-16)18(23)21-8-13(2)24-14(3)9-21/h4-7,10-11,13-14H,8-9H2,1-3H3. The number of amides is 1. The monoisotopic (exact) mass is 355 g/mol. The molecule has 4 rings (SSSR count). The number of fused-ring (bicyclic) bond motifs is 1. The van der Waals surface area contributed by atoms with Gasteiger partial charge < -0.3 is 9.64 Å². The van der Waals surface area contributed by atoms with Gasteiger partial charge in [0, 0.05) is 30.2 Å². The fourth-order valence-corrected chi connectivity index (χ4v) is 4.15. The fraction of sp³-hybridized carbons (Fsp3) is 0.368. The van der Waals surface area contributed by atoms with Crippen LogP contribution in [0.1, 0.15) is 29.9 Å². The highest BCUT2D eigenvalue weighted by Gasteiger charge is 2.28. The van der Waals surface area contributed by atoms with E-state index in [4.69, 9.17) is 4.74 Å². The number of aryl methyl sites for hydroxylation is 1. The van der Waals surface area contributed by atoms with Crippen LogP contribution in [0.3, 0.4) is 0 Å². The Balaban J connectivity index is 1.66.